The molecule has 9 nitrogen and oxygen atoms in total. The summed E-state index contributed by atoms with van der Waals surface area (Å²) in [6.45, 7) is 1.43. The lowest BCUT2D eigenvalue weighted by atomic mass is 10.1. The average molecular weight is 368 g/mol. The molecular formula is C18H20N6O3. The topological polar surface area (TPSA) is 112 Å². The van der Waals surface area contributed by atoms with Gasteiger partial charge in [-0.05, 0) is 31.0 Å². The molecule has 1 fully saturated rings. The fourth-order valence-corrected chi connectivity index (χ4v) is 3.27. The standard InChI is InChI=1S/C18H20N6O3/c1-22-17(25)9-16(24(21-27)15-7-4-8-20-11-15)23(18(22)26)12-14-6-3-2-5-13(14)10-19/h2-3,5-6,9,15,20H,4,7-8,11-12H2,1H3/t15-/m0/s1. The van der Waals surface area contributed by atoms with Crippen LogP contribution in [0.25, 0.3) is 0 Å². The van der Waals surface area contributed by atoms with Gasteiger partial charge in [0.15, 0.2) is 0 Å². The molecule has 0 radical (unpaired) electrons. The molecule has 3 rings (SSSR count). The molecule has 0 amide bonds. The van der Waals surface area contributed by atoms with Crippen LogP contribution in [0, 0.1) is 16.2 Å². The number of nitriles is 1. The third kappa shape index (κ3) is 3.66. The van der Waals surface area contributed by atoms with Crippen molar-refractivity contribution in [1.29, 1.82) is 5.26 Å². The van der Waals surface area contributed by atoms with Crippen molar-refractivity contribution < 1.29 is 0 Å². The summed E-state index contributed by atoms with van der Waals surface area (Å²) in [7, 11) is 1.38. The maximum Gasteiger partial charge on any atom is 0.332 e. The van der Waals surface area contributed by atoms with Crippen LogP contribution in [-0.2, 0) is 13.6 Å². The number of aromatic nitrogens is 2. The predicted octanol–water partition coefficient (Wildman–Crippen LogP) is 0.707. The van der Waals surface area contributed by atoms with Crippen molar-refractivity contribution in [3.05, 3.63) is 67.2 Å². The zero-order valence-corrected chi connectivity index (χ0v) is 15.0. The Morgan fingerprint density at radius 2 is 2.15 bits per heavy atom. The fraction of sp³-hybridized carbons (Fsp3) is 0.389. The lowest BCUT2D eigenvalue weighted by Crippen LogP contribution is -2.47. The van der Waals surface area contributed by atoms with Gasteiger partial charge in [-0.1, -0.05) is 18.2 Å². The second-order valence-electron chi connectivity index (χ2n) is 6.46. The van der Waals surface area contributed by atoms with E-state index >= 15 is 0 Å². The monoisotopic (exact) mass is 368 g/mol. The van der Waals surface area contributed by atoms with E-state index in [9.17, 15) is 19.8 Å². The van der Waals surface area contributed by atoms with E-state index in [1.54, 1.807) is 24.3 Å². The third-order valence-electron chi connectivity index (χ3n) is 4.78. The molecule has 2 heterocycles. The summed E-state index contributed by atoms with van der Waals surface area (Å²) in [5.41, 5.74) is -0.0383. The number of piperidine rings is 1. The molecule has 0 unspecified atom stereocenters. The molecule has 0 saturated carbocycles. The summed E-state index contributed by atoms with van der Waals surface area (Å²) in [4.78, 5) is 36.6. The molecule has 0 spiro atoms. The first-order chi connectivity index (χ1) is 13.1. The SMILES string of the molecule is Cn1c(=O)cc(N(N=O)[C@H]2CCCNC2)n(Cc2ccccc2C#N)c1=O. The molecule has 2 aromatic rings. The summed E-state index contributed by atoms with van der Waals surface area (Å²) in [6.07, 6.45) is 1.58. The summed E-state index contributed by atoms with van der Waals surface area (Å²) < 4.78 is 2.29. The van der Waals surface area contributed by atoms with Crippen molar-refractivity contribution in [1.82, 2.24) is 14.5 Å². The summed E-state index contributed by atoms with van der Waals surface area (Å²) >= 11 is 0. The Bertz CT molecular complexity index is 997. The van der Waals surface area contributed by atoms with Gasteiger partial charge in [0.1, 0.15) is 5.82 Å². The zero-order chi connectivity index (χ0) is 19.4. The number of nitrogens with one attached hydrogen (secondary N) is 1. The second-order valence-corrected chi connectivity index (χ2v) is 6.46. The molecule has 0 bridgehead atoms. The molecule has 1 aromatic carbocycles. The lowest BCUT2D eigenvalue weighted by molar-refractivity contribution is 0.427. The van der Waals surface area contributed by atoms with E-state index in [0.29, 0.717) is 17.7 Å². The van der Waals surface area contributed by atoms with Gasteiger partial charge in [-0.3, -0.25) is 13.9 Å². The van der Waals surface area contributed by atoms with Crippen LogP contribution >= 0.6 is 0 Å². The third-order valence-corrected chi connectivity index (χ3v) is 4.78. The predicted molar refractivity (Wildman–Crippen MR) is 100 cm³/mol. The van der Waals surface area contributed by atoms with Gasteiger partial charge < -0.3 is 5.32 Å². The average Bonchev–Trinajstić information content (AvgIpc) is 2.70. The van der Waals surface area contributed by atoms with Gasteiger partial charge in [0.2, 0.25) is 0 Å². The normalized spacial score (nSPS) is 16.5. The van der Waals surface area contributed by atoms with Crippen molar-refractivity contribution in [3.8, 4) is 6.07 Å². The van der Waals surface area contributed by atoms with E-state index in [-0.39, 0.29) is 18.4 Å². The summed E-state index contributed by atoms with van der Waals surface area (Å²) in [5, 5.41) is 16.8. The zero-order valence-electron chi connectivity index (χ0n) is 15.0. The van der Waals surface area contributed by atoms with Crippen molar-refractivity contribution in [2.24, 2.45) is 12.3 Å². The Hall–Kier alpha value is -3.25. The quantitative estimate of drug-likeness (QED) is 0.614. The Morgan fingerprint density at radius 3 is 2.81 bits per heavy atom. The fourth-order valence-electron chi connectivity index (χ4n) is 3.27. The van der Waals surface area contributed by atoms with E-state index < -0.39 is 11.2 Å². The van der Waals surface area contributed by atoms with Crippen LogP contribution in [0.15, 0.2) is 45.2 Å². The van der Waals surface area contributed by atoms with E-state index in [1.807, 2.05) is 0 Å². The Kier molecular flexibility index (Phi) is 5.47. The maximum absolute atomic E-state index is 12.8. The van der Waals surface area contributed by atoms with Crippen molar-refractivity contribution in [3.63, 3.8) is 0 Å². The lowest BCUT2D eigenvalue weighted by Gasteiger charge is -2.31. The molecular weight excluding hydrogens is 348 g/mol. The number of hydrogen-bond acceptors (Lipinski definition) is 6. The number of hydrogen-bond donors (Lipinski definition) is 1. The Balaban J connectivity index is 2.13. The van der Waals surface area contributed by atoms with E-state index in [2.05, 4.69) is 16.7 Å². The van der Waals surface area contributed by atoms with Crippen LogP contribution in [0.4, 0.5) is 5.82 Å². The highest BCUT2D eigenvalue weighted by atomic mass is 16.3. The molecule has 27 heavy (non-hydrogen) atoms. The van der Waals surface area contributed by atoms with Gasteiger partial charge in [-0.15, -0.1) is 4.91 Å². The molecule has 1 saturated heterocycles. The largest absolute Gasteiger partial charge is 0.332 e. The molecule has 1 N–H and O–H groups in total. The summed E-state index contributed by atoms with van der Waals surface area (Å²) in [6, 6.07) is 9.98. The van der Waals surface area contributed by atoms with Crippen LogP contribution in [0.1, 0.15) is 24.0 Å². The highest BCUT2D eigenvalue weighted by Gasteiger charge is 2.26. The van der Waals surface area contributed by atoms with Crippen LogP contribution in [0.3, 0.4) is 0 Å². The molecule has 140 valence electrons. The maximum atomic E-state index is 12.8. The first kappa shape index (κ1) is 18.5. The molecule has 1 aromatic heterocycles. The van der Waals surface area contributed by atoms with E-state index in [0.717, 1.165) is 24.0 Å². The second kappa shape index (κ2) is 7.97. The van der Waals surface area contributed by atoms with Gasteiger partial charge in [0.25, 0.3) is 5.56 Å². The minimum Gasteiger partial charge on any atom is -0.315 e. The smallest absolute Gasteiger partial charge is 0.315 e. The molecule has 1 aliphatic rings. The highest BCUT2D eigenvalue weighted by Crippen LogP contribution is 2.20. The first-order valence-corrected chi connectivity index (χ1v) is 8.69. The van der Waals surface area contributed by atoms with Crippen LogP contribution < -0.4 is 21.6 Å². The highest BCUT2D eigenvalue weighted by molar-refractivity contribution is 5.42. The number of nitroso groups, excluding NO2 is 1. The van der Waals surface area contributed by atoms with Gasteiger partial charge >= 0.3 is 5.69 Å². The number of anilines is 1. The minimum atomic E-state index is -0.567. The Morgan fingerprint density at radius 1 is 1.37 bits per heavy atom. The molecule has 0 aliphatic carbocycles. The molecule has 1 atom stereocenters. The van der Waals surface area contributed by atoms with Crippen molar-refractivity contribution >= 4 is 5.82 Å². The first-order valence-electron chi connectivity index (χ1n) is 8.69. The van der Waals surface area contributed by atoms with E-state index in [1.165, 1.54) is 22.7 Å². The molecule has 1 aliphatic heterocycles. The Labute approximate surface area is 155 Å². The van der Waals surface area contributed by atoms with Crippen molar-refractivity contribution in [2.75, 3.05) is 18.1 Å². The van der Waals surface area contributed by atoms with Gasteiger partial charge in [0.05, 0.1) is 29.5 Å². The number of benzene rings is 1. The van der Waals surface area contributed by atoms with Crippen LogP contribution in [0.2, 0.25) is 0 Å². The van der Waals surface area contributed by atoms with Crippen molar-refractivity contribution in [2.45, 2.75) is 25.4 Å². The minimum absolute atomic E-state index is 0.0538. The molecule has 9 heteroatoms. The van der Waals surface area contributed by atoms with Gasteiger partial charge in [0, 0.05) is 19.7 Å². The van der Waals surface area contributed by atoms with E-state index in [4.69, 9.17) is 0 Å². The van der Waals surface area contributed by atoms with Gasteiger partial charge in [-0.2, -0.15) is 5.26 Å². The summed E-state index contributed by atoms with van der Waals surface area (Å²) in [5.74, 6) is 0.138. The van der Waals surface area contributed by atoms with Crippen LogP contribution in [0.5, 0.6) is 0 Å². The number of nitrogens with zero attached hydrogens (tertiary/aromatic N) is 5. The van der Waals surface area contributed by atoms with Gasteiger partial charge in [-0.25, -0.2) is 9.80 Å². The number of rotatable bonds is 5. The van der Waals surface area contributed by atoms with Crippen LogP contribution in [-0.4, -0.2) is 28.3 Å².